The average Bonchev–Trinajstić information content (AvgIpc) is 3.52. The third kappa shape index (κ3) is 4.38. The van der Waals surface area contributed by atoms with E-state index in [0.29, 0.717) is 18.2 Å². The van der Waals surface area contributed by atoms with E-state index in [1.807, 2.05) is 49.5 Å². The normalized spacial score (nSPS) is 18.6. The van der Waals surface area contributed by atoms with E-state index < -0.39 is 5.54 Å². The Morgan fingerprint density at radius 1 is 1.22 bits per heavy atom. The van der Waals surface area contributed by atoms with E-state index in [2.05, 4.69) is 40.4 Å². The quantitative estimate of drug-likeness (QED) is 0.307. The summed E-state index contributed by atoms with van der Waals surface area (Å²) < 4.78 is 6.79. The second kappa shape index (κ2) is 9.18. The number of ether oxygens (including phenoxy) is 1. The summed E-state index contributed by atoms with van der Waals surface area (Å²) in [7, 11) is 2.11. The van der Waals surface area contributed by atoms with Crippen LogP contribution in [0.3, 0.4) is 0 Å². The van der Waals surface area contributed by atoms with Crippen molar-refractivity contribution in [1.82, 2.24) is 15.2 Å². The maximum Gasteiger partial charge on any atom is 0.252 e. The summed E-state index contributed by atoms with van der Waals surface area (Å²) in [6, 6.07) is 18.5. The SMILES string of the molecule is Cc1ccc(OC[C@@H]2CCN2C)cc1C(=O)NC1(c2cc(-c3ccc(Cl)s3)cc3ncccc23)CC1. The number of thiophene rings is 1. The molecule has 7 heteroatoms. The summed E-state index contributed by atoms with van der Waals surface area (Å²) in [4.78, 5) is 21.6. The number of rotatable bonds is 7. The number of fused-ring (bicyclic) bond motifs is 1. The van der Waals surface area contributed by atoms with Gasteiger partial charge in [-0.05, 0) is 98.9 Å². The monoisotopic (exact) mass is 517 g/mol. The standard InChI is InChI=1S/C29H28ClN3O2S/c1-18-5-6-21(35-17-20-9-13-33(20)2)16-23(18)28(34)32-29(10-11-29)24-14-19(26-7-8-27(30)36-26)15-25-22(24)4-3-12-31-25/h3-8,12,14-16,20H,9-11,13,17H2,1-2H3,(H,32,34)/t20-/m0/s1. The minimum atomic E-state index is -0.409. The maximum atomic E-state index is 13.6. The fourth-order valence-electron chi connectivity index (χ4n) is 4.97. The van der Waals surface area contributed by atoms with Gasteiger partial charge in [-0.25, -0.2) is 0 Å². The molecule has 0 radical (unpaired) electrons. The smallest absolute Gasteiger partial charge is 0.252 e. The molecule has 1 saturated carbocycles. The Labute approximate surface area is 220 Å². The van der Waals surface area contributed by atoms with Gasteiger partial charge in [0.1, 0.15) is 12.4 Å². The summed E-state index contributed by atoms with van der Waals surface area (Å²) in [5, 5.41) is 4.45. The lowest BCUT2D eigenvalue weighted by Gasteiger charge is -2.37. The molecule has 1 amide bonds. The van der Waals surface area contributed by atoms with E-state index in [-0.39, 0.29) is 5.91 Å². The summed E-state index contributed by atoms with van der Waals surface area (Å²) >= 11 is 7.78. The zero-order valence-electron chi connectivity index (χ0n) is 20.4. The lowest BCUT2D eigenvalue weighted by atomic mass is 9.95. The van der Waals surface area contributed by atoms with Crippen LogP contribution < -0.4 is 10.1 Å². The van der Waals surface area contributed by atoms with Gasteiger partial charge in [0.15, 0.2) is 0 Å². The van der Waals surface area contributed by atoms with Gasteiger partial charge >= 0.3 is 0 Å². The number of likely N-dealkylation sites (tertiary alicyclic amines) is 1. The number of carbonyl (C=O) groups excluding carboxylic acids is 1. The van der Waals surface area contributed by atoms with Crippen molar-refractivity contribution in [1.29, 1.82) is 0 Å². The Morgan fingerprint density at radius 2 is 2.08 bits per heavy atom. The highest BCUT2D eigenvalue weighted by Gasteiger charge is 2.47. The van der Waals surface area contributed by atoms with Crippen molar-refractivity contribution in [3.8, 4) is 16.2 Å². The van der Waals surface area contributed by atoms with Gasteiger partial charge in [-0.3, -0.25) is 14.7 Å². The minimum Gasteiger partial charge on any atom is -0.492 e. The number of aryl methyl sites for hydroxylation is 1. The van der Waals surface area contributed by atoms with E-state index in [1.165, 1.54) is 0 Å². The molecule has 1 saturated heterocycles. The Balaban J connectivity index is 1.30. The molecular formula is C29H28ClN3O2S. The zero-order valence-corrected chi connectivity index (χ0v) is 22.0. The van der Waals surface area contributed by atoms with Crippen LogP contribution in [-0.4, -0.2) is 42.0 Å². The molecule has 1 aliphatic heterocycles. The predicted molar refractivity (Wildman–Crippen MR) is 146 cm³/mol. The molecule has 2 aromatic heterocycles. The highest BCUT2D eigenvalue weighted by Crippen LogP contribution is 2.49. The first-order chi connectivity index (χ1) is 17.4. The molecule has 0 spiro atoms. The van der Waals surface area contributed by atoms with Crippen molar-refractivity contribution < 1.29 is 9.53 Å². The van der Waals surface area contributed by atoms with Gasteiger partial charge in [0.05, 0.1) is 15.4 Å². The largest absolute Gasteiger partial charge is 0.492 e. The lowest BCUT2D eigenvalue weighted by Crippen LogP contribution is -2.48. The van der Waals surface area contributed by atoms with E-state index in [1.54, 1.807) is 11.3 Å². The van der Waals surface area contributed by atoms with Crippen molar-refractivity contribution >= 4 is 39.7 Å². The molecule has 0 bridgehead atoms. The summed E-state index contributed by atoms with van der Waals surface area (Å²) in [6.45, 7) is 3.73. The molecule has 0 unspecified atom stereocenters. The van der Waals surface area contributed by atoms with Crippen molar-refractivity contribution in [3.63, 3.8) is 0 Å². The number of benzene rings is 2. The van der Waals surface area contributed by atoms with Crippen molar-refractivity contribution in [2.24, 2.45) is 0 Å². The van der Waals surface area contributed by atoms with Crippen LogP contribution in [0.25, 0.3) is 21.3 Å². The Hall–Kier alpha value is -2.93. The number of halogens is 1. The Kier molecular flexibility index (Phi) is 5.98. The Morgan fingerprint density at radius 3 is 2.78 bits per heavy atom. The van der Waals surface area contributed by atoms with E-state index >= 15 is 0 Å². The second-order valence-corrected chi connectivity index (χ2v) is 11.7. The molecule has 3 heterocycles. The van der Waals surface area contributed by atoms with Crippen LogP contribution >= 0.6 is 22.9 Å². The number of nitrogens with zero attached hydrogens (tertiary/aromatic N) is 2. The first kappa shape index (κ1) is 23.5. The summed E-state index contributed by atoms with van der Waals surface area (Å²) in [5.74, 6) is 0.667. The van der Waals surface area contributed by atoms with Gasteiger partial charge in [-0.15, -0.1) is 11.3 Å². The summed E-state index contributed by atoms with van der Waals surface area (Å²) in [5.41, 5.74) is 4.28. The van der Waals surface area contributed by atoms with Crippen LogP contribution in [-0.2, 0) is 5.54 Å². The number of carbonyl (C=O) groups is 1. The van der Waals surface area contributed by atoms with Crippen LogP contribution in [0.4, 0.5) is 0 Å². The molecule has 2 aromatic carbocycles. The molecule has 2 aliphatic rings. The number of amides is 1. The number of nitrogens with one attached hydrogen (secondary N) is 1. The van der Waals surface area contributed by atoms with Crippen LogP contribution in [0.15, 0.2) is 60.8 Å². The minimum absolute atomic E-state index is 0.0715. The molecule has 4 aromatic rings. The average molecular weight is 518 g/mol. The number of aromatic nitrogens is 1. The molecular weight excluding hydrogens is 490 g/mol. The molecule has 5 nitrogen and oxygen atoms in total. The summed E-state index contributed by atoms with van der Waals surface area (Å²) in [6.07, 6.45) is 4.74. The first-order valence-corrected chi connectivity index (χ1v) is 13.5. The third-order valence-corrected chi connectivity index (χ3v) is 8.81. The van der Waals surface area contributed by atoms with Crippen LogP contribution in [0.2, 0.25) is 4.34 Å². The number of hydrogen-bond donors (Lipinski definition) is 1. The van der Waals surface area contributed by atoms with E-state index in [0.717, 1.165) is 68.4 Å². The molecule has 1 aliphatic carbocycles. The third-order valence-electron chi connectivity index (χ3n) is 7.53. The van der Waals surface area contributed by atoms with Gasteiger partial charge in [0.25, 0.3) is 5.91 Å². The topological polar surface area (TPSA) is 54.5 Å². The number of likely N-dealkylation sites (N-methyl/N-ethyl adjacent to an activating group) is 1. The molecule has 2 fully saturated rings. The van der Waals surface area contributed by atoms with Gasteiger partial charge in [0.2, 0.25) is 0 Å². The van der Waals surface area contributed by atoms with Crippen LogP contribution in [0.5, 0.6) is 5.75 Å². The van der Waals surface area contributed by atoms with E-state index in [9.17, 15) is 4.79 Å². The highest BCUT2D eigenvalue weighted by molar-refractivity contribution is 7.19. The fraction of sp³-hybridized carbons (Fsp3) is 0.310. The number of hydrogen-bond acceptors (Lipinski definition) is 5. The van der Waals surface area contributed by atoms with Crippen molar-refractivity contribution in [2.75, 3.05) is 20.2 Å². The van der Waals surface area contributed by atoms with Crippen molar-refractivity contribution in [2.45, 2.75) is 37.8 Å². The van der Waals surface area contributed by atoms with E-state index in [4.69, 9.17) is 16.3 Å². The molecule has 1 N–H and O–H groups in total. The first-order valence-electron chi connectivity index (χ1n) is 12.3. The second-order valence-electron chi connectivity index (χ2n) is 9.94. The van der Waals surface area contributed by atoms with Crippen molar-refractivity contribution in [3.05, 3.63) is 81.8 Å². The Bertz CT molecular complexity index is 1460. The molecule has 36 heavy (non-hydrogen) atoms. The van der Waals surface area contributed by atoms with Gasteiger partial charge < -0.3 is 10.1 Å². The lowest BCUT2D eigenvalue weighted by molar-refractivity contribution is 0.0767. The predicted octanol–water partition coefficient (Wildman–Crippen LogP) is 6.43. The zero-order chi connectivity index (χ0) is 24.9. The maximum absolute atomic E-state index is 13.6. The van der Waals surface area contributed by atoms with Crippen LogP contribution in [0.1, 0.15) is 40.7 Å². The molecule has 6 rings (SSSR count). The van der Waals surface area contributed by atoms with Gasteiger partial charge in [-0.2, -0.15) is 0 Å². The number of pyridine rings is 1. The van der Waals surface area contributed by atoms with Gasteiger partial charge in [-0.1, -0.05) is 23.7 Å². The fourth-order valence-corrected chi connectivity index (χ4v) is 6.00. The van der Waals surface area contributed by atoms with Crippen LogP contribution in [0, 0.1) is 6.92 Å². The molecule has 184 valence electrons. The highest BCUT2D eigenvalue weighted by atomic mass is 35.5. The van der Waals surface area contributed by atoms with Gasteiger partial charge in [0, 0.05) is 28.1 Å². The molecule has 1 atom stereocenters.